The zero-order valence-corrected chi connectivity index (χ0v) is 11.9. The van der Waals surface area contributed by atoms with Crippen LogP contribution in [0.3, 0.4) is 0 Å². The van der Waals surface area contributed by atoms with Crippen LogP contribution in [0.15, 0.2) is 18.2 Å². The maximum atomic E-state index is 10.6. The van der Waals surface area contributed by atoms with E-state index in [9.17, 15) is 5.11 Å². The molecule has 3 rings (SSSR count). The van der Waals surface area contributed by atoms with Crippen LogP contribution in [0.25, 0.3) is 0 Å². The summed E-state index contributed by atoms with van der Waals surface area (Å²) in [5, 5.41) is 10.9. The lowest BCUT2D eigenvalue weighted by atomic mass is 9.98. The zero-order valence-electron chi connectivity index (χ0n) is 10.3. The van der Waals surface area contributed by atoms with Crippen LogP contribution in [0, 0.1) is 0 Å². The minimum atomic E-state index is -0.393. The highest BCUT2D eigenvalue weighted by atomic mass is 32.2. The third-order valence-corrected chi connectivity index (χ3v) is 6.33. The van der Waals surface area contributed by atoms with Gasteiger partial charge in [-0.2, -0.15) is 23.5 Å². The van der Waals surface area contributed by atoms with Crippen molar-refractivity contribution in [2.45, 2.75) is 24.2 Å². The molecule has 2 heterocycles. The smallest absolute Gasteiger partial charge is 0.128 e. The molecule has 1 fully saturated rings. The molecule has 0 saturated carbocycles. The number of benzene rings is 1. The average Bonchev–Trinajstić information content (AvgIpc) is 2.47. The van der Waals surface area contributed by atoms with Crippen LogP contribution < -0.4 is 4.74 Å². The van der Waals surface area contributed by atoms with E-state index in [0.29, 0.717) is 5.25 Å². The molecule has 0 amide bonds. The van der Waals surface area contributed by atoms with Crippen LogP contribution in [0.1, 0.15) is 23.7 Å². The van der Waals surface area contributed by atoms with Gasteiger partial charge < -0.3 is 9.84 Å². The van der Waals surface area contributed by atoms with E-state index in [0.717, 1.165) is 42.3 Å². The topological polar surface area (TPSA) is 29.5 Å². The molecular formula is C14H18O2S2. The lowest BCUT2D eigenvalue weighted by Crippen LogP contribution is -2.23. The molecule has 0 bridgehead atoms. The number of rotatable bonds is 2. The number of fused-ring (bicyclic) bond motifs is 1. The molecule has 0 spiro atoms. The van der Waals surface area contributed by atoms with Crippen molar-refractivity contribution >= 4 is 23.5 Å². The summed E-state index contributed by atoms with van der Waals surface area (Å²) in [6, 6.07) is 6.19. The second-order valence-electron chi connectivity index (χ2n) is 4.72. The number of hydrogen-bond donors (Lipinski definition) is 1. The van der Waals surface area contributed by atoms with E-state index in [1.807, 2.05) is 35.7 Å². The van der Waals surface area contributed by atoms with E-state index in [2.05, 4.69) is 6.07 Å². The number of para-hydroxylation sites is 1. The van der Waals surface area contributed by atoms with Crippen molar-refractivity contribution in [3.05, 3.63) is 29.3 Å². The number of aliphatic hydroxyl groups excluding tert-OH is 1. The summed E-state index contributed by atoms with van der Waals surface area (Å²) in [5.41, 5.74) is 2.25. The maximum absolute atomic E-state index is 10.6. The van der Waals surface area contributed by atoms with Gasteiger partial charge in [-0.3, -0.25) is 0 Å². The SMILES string of the molecule is OC(c1cccc2c1OCCC2)C1CSCCS1. The Morgan fingerprint density at radius 3 is 3.11 bits per heavy atom. The van der Waals surface area contributed by atoms with Gasteiger partial charge in [0.05, 0.1) is 12.7 Å². The molecule has 1 aromatic rings. The summed E-state index contributed by atoms with van der Waals surface area (Å²) >= 11 is 3.83. The second-order valence-corrected chi connectivity index (χ2v) is 7.21. The molecule has 2 atom stereocenters. The summed E-state index contributed by atoms with van der Waals surface area (Å²) in [5.74, 6) is 4.34. The van der Waals surface area contributed by atoms with Crippen molar-refractivity contribution in [3.63, 3.8) is 0 Å². The van der Waals surface area contributed by atoms with Crippen LogP contribution in [-0.4, -0.2) is 34.2 Å². The highest BCUT2D eigenvalue weighted by Crippen LogP contribution is 2.39. The molecule has 2 aliphatic rings. The summed E-state index contributed by atoms with van der Waals surface area (Å²) in [6.07, 6.45) is 1.76. The van der Waals surface area contributed by atoms with Gasteiger partial charge in [0.2, 0.25) is 0 Å². The fraction of sp³-hybridized carbons (Fsp3) is 0.571. The third kappa shape index (κ3) is 2.51. The van der Waals surface area contributed by atoms with E-state index in [1.54, 1.807) is 0 Å². The van der Waals surface area contributed by atoms with Gasteiger partial charge in [0.25, 0.3) is 0 Å². The first-order valence-corrected chi connectivity index (χ1v) is 8.68. The molecular weight excluding hydrogens is 264 g/mol. The van der Waals surface area contributed by atoms with Crippen LogP contribution in [0.4, 0.5) is 0 Å². The number of thioether (sulfide) groups is 2. The van der Waals surface area contributed by atoms with Gasteiger partial charge >= 0.3 is 0 Å². The standard InChI is InChI=1S/C14H18O2S2/c15-13(12-9-17-7-8-18-12)11-5-1-3-10-4-2-6-16-14(10)11/h1,3,5,12-13,15H,2,4,6-9H2. The summed E-state index contributed by atoms with van der Waals surface area (Å²) in [6.45, 7) is 0.781. The zero-order chi connectivity index (χ0) is 12.4. The monoisotopic (exact) mass is 282 g/mol. The number of aliphatic hydroxyl groups is 1. The summed E-state index contributed by atoms with van der Waals surface area (Å²) in [4.78, 5) is 0. The molecule has 18 heavy (non-hydrogen) atoms. The van der Waals surface area contributed by atoms with Crippen molar-refractivity contribution in [2.75, 3.05) is 23.9 Å². The first-order valence-electron chi connectivity index (χ1n) is 6.48. The first-order chi connectivity index (χ1) is 8.86. The molecule has 4 heteroatoms. The molecule has 1 N–H and O–H groups in total. The Kier molecular flexibility index (Phi) is 4.07. The lowest BCUT2D eigenvalue weighted by molar-refractivity contribution is 0.171. The Morgan fingerprint density at radius 2 is 2.28 bits per heavy atom. The van der Waals surface area contributed by atoms with Crippen molar-refractivity contribution in [3.8, 4) is 5.75 Å². The highest BCUT2D eigenvalue weighted by Gasteiger charge is 2.28. The van der Waals surface area contributed by atoms with Crippen LogP contribution in [-0.2, 0) is 6.42 Å². The Labute approximate surface area is 116 Å². The fourth-order valence-electron chi connectivity index (χ4n) is 2.54. The lowest BCUT2D eigenvalue weighted by Gasteiger charge is -2.29. The van der Waals surface area contributed by atoms with Gasteiger partial charge in [0, 0.05) is 28.1 Å². The maximum Gasteiger partial charge on any atom is 0.128 e. The molecule has 2 unspecified atom stereocenters. The van der Waals surface area contributed by atoms with Gasteiger partial charge in [0.1, 0.15) is 5.75 Å². The average molecular weight is 282 g/mol. The molecule has 0 aliphatic carbocycles. The van der Waals surface area contributed by atoms with E-state index in [4.69, 9.17) is 4.74 Å². The molecule has 1 saturated heterocycles. The molecule has 2 aliphatic heterocycles. The van der Waals surface area contributed by atoms with Crippen molar-refractivity contribution in [1.29, 1.82) is 0 Å². The van der Waals surface area contributed by atoms with E-state index in [-0.39, 0.29) is 0 Å². The van der Waals surface area contributed by atoms with Crippen molar-refractivity contribution < 1.29 is 9.84 Å². The fourth-order valence-corrected chi connectivity index (χ4v) is 5.28. The molecule has 98 valence electrons. The van der Waals surface area contributed by atoms with Crippen LogP contribution in [0.5, 0.6) is 5.75 Å². The molecule has 2 nitrogen and oxygen atoms in total. The van der Waals surface area contributed by atoms with Gasteiger partial charge in [0.15, 0.2) is 0 Å². The predicted octanol–water partition coefficient (Wildman–Crippen LogP) is 2.89. The van der Waals surface area contributed by atoms with Crippen LogP contribution in [0.2, 0.25) is 0 Å². The Morgan fingerprint density at radius 1 is 1.33 bits per heavy atom. The van der Waals surface area contributed by atoms with Crippen LogP contribution >= 0.6 is 23.5 Å². The first kappa shape index (κ1) is 12.7. The summed E-state index contributed by atoms with van der Waals surface area (Å²) < 4.78 is 5.79. The summed E-state index contributed by atoms with van der Waals surface area (Å²) in [7, 11) is 0. The van der Waals surface area contributed by atoms with Gasteiger partial charge in [-0.05, 0) is 18.4 Å². The Bertz CT molecular complexity index is 416. The Balaban J connectivity index is 1.86. The van der Waals surface area contributed by atoms with Crippen molar-refractivity contribution in [2.24, 2.45) is 0 Å². The molecule has 0 aromatic heterocycles. The van der Waals surface area contributed by atoms with Gasteiger partial charge in [-0.15, -0.1) is 0 Å². The predicted molar refractivity (Wildman–Crippen MR) is 78.8 cm³/mol. The minimum absolute atomic E-state index is 0.306. The second kappa shape index (κ2) is 5.76. The largest absolute Gasteiger partial charge is 0.493 e. The van der Waals surface area contributed by atoms with E-state index in [1.165, 1.54) is 11.3 Å². The van der Waals surface area contributed by atoms with Crippen molar-refractivity contribution in [1.82, 2.24) is 0 Å². The Hall–Kier alpha value is -0.320. The quantitative estimate of drug-likeness (QED) is 0.903. The molecule has 0 radical (unpaired) electrons. The van der Waals surface area contributed by atoms with Gasteiger partial charge in [-0.25, -0.2) is 0 Å². The third-order valence-electron chi connectivity index (χ3n) is 3.48. The minimum Gasteiger partial charge on any atom is -0.493 e. The normalized spacial score (nSPS) is 25.1. The molecule has 1 aromatic carbocycles. The van der Waals surface area contributed by atoms with E-state index >= 15 is 0 Å². The number of hydrogen-bond acceptors (Lipinski definition) is 4. The van der Waals surface area contributed by atoms with E-state index < -0.39 is 6.10 Å². The number of aryl methyl sites for hydroxylation is 1. The van der Waals surface area contributed by atoms with Gasteiger partial charge in [-0.1, -0.05) is 18.2 Å². The highest BCUT2D eigenvalue weighted by molar-refractivity contribution is 8.06. The number of ether oxygens (including phenoxy) is 1.